The number of amides is 1. The molecule has 0 aliphatic carbocycles. The van der Waals surface area contributed by atoms with Crippen molar-refractivity contribution >= 4 is 33.4 Å². The van der Waals surface area contributed by atoms with Gasteiger partial charge in [-0.3, -0.25) is 9.78 Å². The molecule has 0 saturated carbocycles. The van der Waals surface area contributed by atoms with E-state index in [4.69, 9.17) is 0 Å². The van der Waals surface area contributed by atoms with Crippen LogP contribution in [0.2, 0.25) is 0 Å². The number of thioether (sulfide) groups is 1. The summed E-state index contributed by atoms with van der Waals surface area (Å²) in [6.45, 7) is 1.73. The third kappa shape index (κ3) is 4.76. The first-order chi connectivity index (χ1) is 11.4. The molecule has 24 heavy (non-hydrogen) atoms. The Kier molecular flexibility index (Phi) is 6.29. The molecule has 0 aromatic carbocycles. The second kappa shape index (κ2) is 8.22. The monoisotopic (exact) mass is 366 g/mol. The lowest BCUT2D eigenvalue weighted by Gasteiger charge is -2.16. The highest BCUT2D eigenvalue weighted by Crippen LogP contribution is 2.17. The molecular weight excluding hydrogens is 348 g/mol. The van der Waals surface area contributed by atoms with Crippen molar-refractivity contribution < 1.29 is 13.2 Å². The number of nitrogens with zero attached hydrogens (tertiary/aromatic N) is 3. The first-order valence-corrected chi connectivity index (χ1v) is 9.61. The second-order valence-electron chi connectivity index (χ2n) is 4.82. The van der Waals surface area contributed by atoms with Gasteiger partial charge in [-0.25, -0.2) is 13.4 Å². The number of sulfonamides is 1. The van der Waals surface area contributed by atoms with E-state index in [1.54, 1.807) is 30.1 Å². The summed E-state index contributed by atoms with van der Waals surface area (Å²) in [7, 11) is -2.40. The summed E-state index contributed by atoms with van der Waals surface area (Å²) in [5.41, 5.74) is 0.521. The molecule has 0 radical (unpaired) electrons. The summed E-state index contributed by atoms with van der Waals surface area (Å²) in [4.78, 5) is 20.1. The molecule has 1 amide bonds. The molecule has 0 saturated heterocycles. The van der Waals surface area contributed by atoms with E-state index in [1.807, 2.05) is 6.92 Å². The van der Waals surface area contributed by atoms with Crippen molar-refractivity contribution in [2.75, 3.05) is 24.7 Å². The molecule has 2 heterocycles. The number of hydrogen-bond donors (Lipinski definition) is 1. The molecule has 0 unspecified atom stereocenters. The SMILES string of the molecule is CCSc1ccc(NC(=O)CN(C)S(=O)(=O)c2cccnc2)cn1. The number of carbonyl (C=O) groups is 1. The predicted molar refractivity (Wildman–Crippen MR) is 93.3 cm³/mol. The number of nitrogens with one attached hydrogen (secondary N) is 1. The van der Waals surface area contributed by atoms with Crippen molar-refractivity contribution in [3.8, 4) is 0 Å². The van der Waals surface area contributed by atoms with Gasteiger partial charge in [0.25, 0.3) is 0 Å². The van der Waals surface area contributed by atoms with Crippen LogP contribution in [0, 0.1) is 0 Å². The molecule has 0 spiro atoms. The van der Waals surface area contributed by atoms with Gasteiger partial charge in [0.1, 0.15) is 4.90 Å². The van der Waals surface area contributed by atoms with Crippen molar-refractivity contribution in [3.63, 3.8) is 0 Å². The zero-order valence-electron chi connectivity index (χ0n) is 13.3. The minimum atomic E-state index is -3.75. The summed E-state index contributed by atoms with van der Waals surface area (Å²) in [5, 5.41) is 3.50. The lowest BCUT2D eigenvalue weighted by molar-refractivity contribution is -0.116. The number of carbonyl (C=O) groups excluding carboxylic acids is 1. The Morgan fingerprint density at radius 2 is 2.08 bits per heavy atom. The molecule has 2 aromatic rings. The number of aromatic nitrogens is 2. The van der Waals surface area contributed by atoms with Gasteiger partial charge in [-0.15, -0.1) is 11.8 Å². The molecule has 0 atom stereocenters. The van der Waals surface area contributed by atoms with Crippen molar-refractivity contribution in [1.29, 1.82) is 0 Å². The quantitative estimate of drug-likeness (QED) is 0.752. The summed E-state index contributed by atoms with van der Waals surface area (Å²) in [5.74, 6) is 0.470. The van der Waals surface area contributed by atoms with E-state index in [0.717, 1.165) is 15.1 Å². The molecule has 0 fully saturated rings. The van der Waals surface area contributed by atoms with Crippen molar-refractivity contribution in [3.05, 3.63) is 42.9 Å². The van der Waals surface area contributed by atoms with E-state index in [-0.39, 0.29) is 11.4 Å². The number of anilines is 1. The average molecular weight is 366 g/mol. The zero-order valence-corrected chi connectivity index (χ0v) is 15.0. The van der Waals surface area contributed by atoms with Crippen molar-refractivity contribution in [1.82, 2.24) is 14.3 Å². The third-order valence-electron chi connectivity index (χ3n) is 3.02. The standard InChI is InChI=1S/C15H18N4O3S2/c1-3-23-15-7-6-12(9-17-15)18-14(20)11-19(2)24(21,22)13-5-4-8-16-10-13/h4-10H,3,11H2,1-2H3,(H,18,20). The van der Waals surface area contributed by atoms with Gasteiger partial charge in [-0.2, -0.15) is 4.31 Å². The van der Waals surface area contributed by atoms with E-state index in [9.17, 15) is 13.2 Å². The second-order valence-corrected chi connectivity index (χ2v) is 8.15. The molecule has 128 valence electrons. The maximum absolute atomic E-state index is 12.3. The Labute approximate surface area is 145 Å². The van der Waals surface area contributed by atoms with Gasteiger partial charge >= 0.3 is 0 Å². The molecule has 0 aliphatic heterocycles. The van der Waals surface area contributed by atoms with Crippen LogP contribution in [0.4, 0.5) is 5.69 Å². The van der Waals surface area contributed by atoms with Crippen LogP contribution in [-0.2, 0) is 14.8 Å². The summed E-state index contributed by atoms with van der Waals surface area (Å²) >= 11 is 1.60. The Morgan fingerprint density at radius 1 is 1.29 bits per heavy atom. The minimum absolute atomic E-state index is 0.0444. The van der Waals surface area contributed by atoms with E-state index in [0.29, 0.717) is 5.69 Å². The van der Waals surface area contributed by atoms with Crippen LogP contribution in [0.15, 0.2) is 52.8 Å². The highest BCUT2D eigenvalue weighted by atomic mass is 32.2. The molecule has 0 bridgehead atoms. The summed E-state index contributed by atoms with van der Waals surface area (Å²) in [6.07, 6.45) is 4.28. The van der Waals surface area contributed by atoms with Crippen LogP contribution in [-0.4, -0.2) is 47.9 Å². The van der Waals surface area contributed by atoms with E-state index >= 15 is 0 Å². The molecule has 9 heteroatoms. The summed E-state index contributed by atoms with van der Waals surface area (Å²) < 4.78 is 25.6. The maximum atomic E-state index is 12.3. The van der Waals surface area contributed by atoms with Crippen LogP contribution in [0.3, 0.4) is 0 Å². The lowest BCUT2D eigenvalue weighted by Crippen LogP contribution is -2.35. The number of likely N-dealkylation sites (N-methyl/N-ethyl adjacent to an activating group) is 1. The van der Waals surface area contributed by atoms with Gasteiger partial charge in [0.15, 0.2) is 0 Å². The lowest BCUT2D eigenvalue weighted by atomic mass is 10.4. The maximum Gasteiger partial charge on any atom is 0.244 e. The number of rotatable bonds is 7. The molecular formula is C15H18N4O3S2. The number of hydrogen-bond acceptors (Lipinski definition) is 6. The van der Waals surface area contributed by atoms with Gasteiger partial charge in [-0.05, 0) is 30.0 Å². The topological polar surface area (TPSA) is 92.3 Å². The minimum Gasteiger partial charge on any atom is -0.324 e. The molecule has 1 N–H and O–H groups in total. The Bertz CT molecular complexity index is 780. The van der Waals surface area contributed by atoms with Gasteiger partial charge in [-0.1, -0.05) is 6.92 Å². The molecule has 7 nitrogen and oxygen atoms in total. The largest absolute Gasteiger partial charge is 0.324 e. The van der Waals surface area contributed by atoms with Crippen LogP contribution < -0.4 is 5.32 Å². The normalized spacial score (nSPS) is 11.5. The van der Waals surface area contributed by atoms with Crippen LogP contribution in [0.5, 0.6) is 0 Å². The van der Waals surface area contributed by atoms with E-state index in [1.165, 1.54) is 31.6 Å². The fourth-order valence-electron chi connectivity index (χ4n) is 1.85. The zero-order chi connectivity index (χ0) is 17.6. The first-order valence-electron chi connectivity index (χ1n) is 7.18. The third-order valence-corrected chi connectivity index (χ3v) is 5.63. The van der Waals surface area contributed by atoms with Crippen LogP contribution in [0.1, 0.15) is 6.92 Å². The van der Waals surface area contributed by atoms with Crippen molar-refractivity contribution in [2.45, 2.75) is 16.8 Å². The Balaban J connectivity index is 1.99. The highest BCUT2D eigenvalue weighted by Gasteiger charge is 2.23. The molecule has 2 aromatic heterocycles. The Hall–Kier alpha value is -1.97. The predicted octanol–water partition coefficient (Wildman–Crippen LogP) is 1.85. The fourth-order valence-corrected chi connectivity index (χ4v) is 3.53. The van der Waals surface area contributed by atoms with Gasteiger partial charge in [0, 0.05) is 19.4 Å². The van der Waals surface area contributed by atoms with Gasteiger partial charge in [0.05, 0.1) is 23.5 Å². The van der Waals surface area contributed by atoms with Crippen LogP contribution in [0.25, 0.3) is 0 Å². The molecule has 2 rings (SSSR count). The van der Waals surface area contributed by atoms with E-state index < -0.39 is 15.9 Å². The number of pyridine rings is 2. The first kappa shape index (κ1) is 18.4. The van der Waals surface area contributed by atoms with Crippen LogP contribution >= 0.6 is 11.8 Å². The fraction of sp³-hybridized carbons (Fsp3) is 0.267. The molecule has 0 aliphatic rings. The average Bonchev–Trinajstić information content (AvgIpc) is 2.57. The summed E-state index contributed by atoms with van der Waals surface area (Å²) in [6, 6.07) is 6.51. The Morgan fingerprint density at radius 3 is 2.67 bits per heavy atom. The van der Waals surface area contributed by atoms with Crippen molar-refractivity contribution in [2.24, 2.45) is 0 Å². The van der Waals surface area contributed by atoms with Gasteiger partial charge < -0.3 is 5.32 Å². The highest BCUT2D eigenvalue weighted by molar-refractivity contribution is 7.99. The smallest absolute Gasteiger partial charge is 0.244 e. The van der Waals surface area contributed by atoms with Gasteiger partial charge in [0.2, 0.25) is 15.9 Å². The van der Waals surface area contributed by atoms with E-state index in [2.05, 4.69) is 15.3 Å².